The highest BCUT2D eigenvalue weighted by Gasteiger charge is 2.26. The molecule has 2 N–H and O–H groups in total. The summed E-state index contributed by atoms with van der Waals surface area (Å²) < 4.78 is 12.5. The Morgan fingerprint density at radius 2 is 1.91 bits per heavy atom. The van der Waals surface area contributed by atoms with Crippen molar-refractivity contribution < 1.29 is 19.1 Å². The van der Waals surface area contributed by atoms with Gasteiger partial charge in [-0.2, -0.15) is 0 Å². The summed E-state index contributed by atoms with van der Waals surface area (Å²) in [5, 5.41) is 15.4. The predicted molar refractivity (Wildman–Crippen MR) is 124 cm³/mol. The van der Waals surface area contributed by atoms with Crippen molar-refractivity contribution in [3.8, 4) is 11.5 Å². The fourth-order valence-electron chi connectivity index (χ4n) is 4.16. The number of carbonyl (C=O) groups excluding carboxylic acids is 2. The molecule has 0 unspecified atom stereocenters. The lowest BCUT2D eigenvalue weighted by atomic mass is 9.95. The number of ether oxygens (including phenoxy) is 2. The first-order valence-electron chi connectivity index (χ1n) is 11.4. The molecule has 1 fully saturated rings. The van der Waals surface area contributed by atoms with Crippen LogP contribution in [0.4, 0.5) is 0 Å². The van der Waals surface area contributed by atoms with Crippen LogP contribution < -0.4 is 20.1 Å². The SMILES string of the molecule is CC(C)[C@H](NC(=O)c1ccc2c(c1)OCO2)c1nnc(SCC(=O)NC2CCCCC2)n1C. The maximum atomic E-state index is 12.9. The lowest BCUT2D eigenvalue weighted by Gasteiger charge is -2.22. The van der Waals surface area contributed by atoms with Gasteiger partial charge in [-0.15, -0.1) is 10.2 Å². The van der Waals surface area contributed by atoms with E-state index in [-0.39, 0.29) is 30.6 Å². The zero-order valence-corrected chi connectivity index (χ0v) is 20.1. The van der Waals surface area contributed by atoms with Gasteiger partial charge in [0.2, 0.25) is 12.7 Å². The molecule has 0 bridgehead atoms. The van der Waals surface area contributed by atoms with Crippen LogP contribution in [-0.2, 0) is 11.8 Å². The number of rotatable bonds is 8. The van der Waals surface area contributed by atoms with Gasteiger partial charge in [0.25, 0.3) is 5.91 Å². The molecule has 1 aromatic heterocycles. The van der Waals surface area contributed by atoms with Gasteiger partial charge >= 0.3 is 0 Å². The number of nitrogens with zero attached hydrogens (tertiary/aromatic N) is 3. The number of fused-ring (bicyclic) bond motifs is 1. The molecule has 1 aromatic carbocycles. The van der Waals surface area contributed by atoms with Crippen molar-refractivity contribution in [3.05, 3.63) is 29.6 Å². The fraction of sp³-hybridized carbons (Fsp3) is 0.565. The smallest absolute Gasteiger partial charge is 0.252 e. The topological polar surface area (TPSA) is 107 Å². The number of amides is 2. The van der Waals surface area contributed by atoms with E-state index in [2.05, 4.69) is 20.8 Å². The van der Waals surface area contributed by atoms with Crippen molar-refractivity contribution >= 4 is 23.6 Å². The second-order valence-corrected chi connectivity index (χ2v) is 9.80. The van der Waals surface area contributed by atoms with Gasteiger partial charge in [0.15, 0.2) is 22.5 Å². The summed E-state index contributed by atoms with van der Waals surface area (Å²) in [4.78, 5) is 25.3. The third-order valence-electron chi connectivity index (χ3n) is 6.04. The number of hydrogen-bond donors (Lipinski definition) is 2. The van der Waals surface area contributed by atoms with Crippen molar-refractivity contribution in [1.82, 2.24) is 25.4 Å². The van der Waals surface area contributed by atoms with Crippen molar-refractivity contribution in [2.24, 2.45) is 13.0 Å². The molecule has 2 heterocycles. The van der Waals surface area contributed by atoms with Crippen LogP contribution in [-0.4, -0.2) is 45.2 Å². The average molecular weight is 474 g/mol. The Hall–Kier alpha value is -2.75. The number of carbonyl (C=O) groups is 2. The summed E-state index contributed by atoms with van der Waals surface area (Å²) in [6.45, 7) is 4.19. The molecule has 0 saturated heterocycles. The molecule has 2 aliphatic rings. The molecule has 1 atom stereocenters. The average Bonchev–Trinajstić information content (AvgIpc) is 3.42. The largest absolute Gasteiger partial charge is 0.454 e. The molecule has 2 amide bonds. The number of nitrogens with one attached hydrogen (secondary N) is 2. The number of hydrogen-bond acceptors (Lipinski definition) is 7. The first-order chi connectivity index (χ1) is 15.9. The first kappa shape index (κ1) is 23.4. The minimum atomic E-state index is -0.342. The molecule has 0 radical (unpaired) electrons. The van der Waals surface area contributed by atoms with Gasteiger partial charge in [0, 0.05) is 18.7 Å². The summed E-state index contributed by atoms with van der Waals surface area (Å²) in [5.41, 5.74) is 0.487. The highest BCUT2D eigenvalue weighted by molar-refractivity contribution is 7.99. The van der Waals surface area contributed by atoms with Gasteiger partial charge in [0.05, 0.1) is 11.8 Å². The molecular formula is C23H31N5O4S. The number of aromatic nitrogens is 3. The Labute approximate surface area is 198 Å². The Bertz CT molecular complexity index is 1000. The van der Waals surface area contributed by atoms with E-state index in [4.69, 9.17) is 9.47 Å². The zero-order chi connectivity index (χ0) is 23.4. The molecule has 2 aromatic rings. The third kappa shape index (κ3) is 5.61. The summed E-state index contributed by atoms with van der Waals surface area (Å²) in [5.74, 6) is 2.01. The standard InChI is InChI=1S/C23H31N5O4S/c1-14(2)20(25-22(30)15-9-10-17-18(11-15)32-13-31-17)21-26-27-23(28(21)3)33-12-19(29)24-16-7-5-4-6-8-16/h9-11,14,16,20H,4-8,12-13H2,1-3H3,(H,24,29)(H,25,30)/t20-/m0/s1. The van der Waals surface area contributed by atoms with E-state index in [1.54, 1.807) is 18.2 Å². The molecule has 178 valence electrons. The normalized spacial score (nSPS) is 16.6. The van der Waals surface area contributed by atoms with Crippen molar-refractivity contribution in [1.29, 1.82) is 0 Å². The van der Waals surface area contributed by atoms with Crippen LogP contribution in [0.15, 0.2) is 23.4 Å². The maximum Gasteiger partial charge on any atom is 0.252 e. The van der Waals surface area contributed by atoms with E-state index in [1.807, 2.05) is 25.5 Å². The van der Waals surface area contributed by atoms with E-state index >= 15 is 0 Å². The van der Waals surface area contributed by atoms with Crippen LogP contribution in [0.3, 0.4) is 0 Å². The van der Waals surface area contributed by atoms with Gasteiger partial charge in [-0.25, -0.2) is 0 Å². The van der Waals surface area contributed by atoms with E-state index in [0.717, 1.165) is 12.8 Å². The third-order valence-corrected chi connectivity index (χ3v) is 7.06. The lowest BCUT2D eigenvalue weighted by molar-refractivity contribution is -0.119. The van der Waals surface area contributed by atoms with Crippen LogP contribution in [0, 0.1) is 5.92 Å². The van der Waals surface area contributed by atoms with Crippen molar-refractivity contribution in [3.63, 3.8) is 0 Å². The summed E-state index contributed by atoms with van der Waals surface area (Å²) in [6.07, 6.45) is 5.73. The Balaban J connectivity index is 1.38. The predicted octanol–water partition coefficient (Wildman–Crippen LogP) is 3.21. The van der Waals surface area contributed by atoms with E-state index in [9.17, 15) is 9.59 Å². The van der Waals surface area contributed by atoms with Gasteiger partial charge in [0.1, 0.15) is 0 Å². The molecule has 9 nitrogen and oxygen atoms in total. The molecule has 33 heavy (non-hydrogen) atoms. The minimum Gasteiger partial charge on any atom is -0.454 e. The second-order valence-electron chi connectivity index (χ2n) is 8.85. The lowest BCUT2D eigenvalue weighted by Crippen LogP contribution is -2.37. The van der Waals surface area contributed by atoms with Crippen LogP contribution in [0.25, 0.3) is 0 Å². The molecule has 1 saturated carbocycles. The molecular weight excluding hydrogens is 442 g/mol. The Morgan fingerprint density at radius 1 is 1.15 bits per heavy atom. The summed E-state index contributed by atoms with van der Waals surface area (Å²) in [7, 11) is 1.86. The van der Waals surface area contributed by atoms with Gasteiger partial charge in [-0.05, 0) is 37.0 Å². The number of thioether (sulfide) groups is 1. The van der Waals surface area contributed by atoms with E-state index in [0.29, 0.717) is 39.8 Å². The highest BCUT2D eigenvalue weighted by Crippen LogP contribution is 2.33. The van der Waals surface area contributed by atoms with Gasteiger partial charge in [-0.3, -0.25) is 9.59 Å². The van der Waals surface area contributed by atoms with Crippen LogP contribution in [0.5, 0.6) is 11.5 Å². The molecule has 1 aliphatic heterocycles. The fourth-order valence-corrected chi connectivity index (χ4v) is 4.89. The molecule has 4 rings (SSSR count). The molecule has 1 aliphatic carbocycles. The second kappa shape index (κ2) is 10.5. The zero-order valence-electron chi connectivity index (χ0n) is 19.3. The highest BCUT2D eigenvalue weighted by atomic mass is 32.2. The Kier molecular flexibility index (Phi) is 7.42. The summed E-state index contributed by atoms with van der Waals surface area (Å²) >= 11 is 1.36. The van der Waals surface area contributed by atoms with Crippen molar-refractivity contribution in [2.45, 2.75) is 63.2 Å². The summed E-state index contributed by atoms with van der Waals surface area (Å²) in [6, 6.07) is 5.07. The van der Waals surface area contributed by atoms with Crippen LogP contribution >= 0.6 is 11.8 Å². The van der Waals surface area contributed by atoms with Crippen LogP contribution in [0.1, 0.15) is 68.2 Å². The molecule has 0 spiro atoms. The van der Waals surface area contributed by atoms with Gasteiger partial charge < -0.3 is 24.7 Å². The Morgan fingerprint density at radius 3 is 2.67 bits per heavy atom. The minimum absolute atomic E-state index is 0.0213. The van der Waals surface area contributed by atoms with E-state index < -0.39 is 0 Å². The monoisotopic (exact) mass is 473 g/mol. The van der Waals surface area contributed by atoms with E-state index in [1.165, 1.54) is 31.0 Å². The van der Waals surface area contributed by atoms with Crippen LogP contribution in [0.2, 0.25) is 0 Å². The van der Waals surface area contributed by atoms with Gasteiger partial charge in [-0.1, -0.05) is 44.9 Å². The maximum absolute atomic E-state index is 12.9. The quantitative estimate of drug-likeness (QED) is 0.567. The number of benzene rings is 1. The molecule has 10 heteroatoms. The first-order valence-corrected chi connectivity index (χ1v) is 12.4. The van der Waals surface area contributed by atoms with Crippen molar-refractivity contribution in [2.75, 3.05) is 12.5 Å².